The zero-order chi connectivity index (χ0) is 16.7. The van der Waals surface area contributed by atoms with E-state index in [1.165, 1.54) is 16.0 Å². The first kappa shape index (κ1) is 17.7. The maximum atomic E-state index is 12.2. The molecular weight excluding hydrogens is 304 g/mol. The lowest BCUT2D eigenvalue weighted by Crippen LogP contribution is -2.87. The first-order valence-corrected chi connectivity index (χ1v) is 9.24. The average Bonchev–Trinajstić information content (AvgIpc) is 3.08. The van der Waals surface area contributed by atoms with Gasteiger partial charge in [-0.3, -0.25) is 4.79 Å². The molecule has 4 heteroatoms. The van der Waals surface area contributed by atoms with Crippen molar-refractivity contribution in [2.75, 3.05) is 6.54 Å². The van der Waals surface area contributed by atoms with E-state index in [1.807, 2.05) is 0 Å². The number of carbonyl (C=O) groups excluding carboxylic acids is 1. The highest BCUT2D eigenvalue weighted by atomic mass is 32.1. The van der Waals surface area contributed by atoms with Crippen molar-refractivity contribution in [1.29, 1.82) is 0 Å². The molecule has 0 spiro atoms. The first-order chi connectivity index (χ1) is 11.1. The van der Waals surface area contributed by atoms with Crippen LogP contribution in [0.2, 0.25) is 0 Å². The predicted octanol–water partition coefficient (Wildman–Crippen LogP) is 3.01. The Morgan fingerprint density at radius 1 is 1.17 bits per heavy atom. The van der Waals surface area contributed by atoms with E-state index in [9.17, 15) is 4.79 Å². The summed E-state index contributed by atoms with van der Waals surface area (Å²) in [7, 11) is 0. The minimum atomic E-state index is 0.118. The van der Waals surface area contributed by atoms with Gasteiger partial charge in [-0.1, -0.05) is 49.7 Å². The molecule has 0 bridgehead atoms. The molecule has 1 aromatic carbocycles. The number of aryl methyl sites for hydroxylation is 1. The van der Waals surface area contributed by atoms with E-state index < -0.39 is 0 Å². The Hall–Kier alpha value is -1.65. The molecule has 124 valence electrons. The minimum Gasteiger partial charge on any atom is -0.349 e. The molecule has 0 aliphatic rings. The first-order valence-electron chi connectivity index (χ1n) is 8.36. The van der Waals surface area contributed by atoms with E-state index in [0.29, 0.717) is 6.54 Å². The number of carbonyl (C=O) groups is 1. The molecule has 3 nitrogen and oxygen atoms in total. The summed E-state index contributed by atoms with van der Waals surface area (Å²) in [4.78, 5) is 13.5. The number of rotatable bonds is 8. The van der Waals surface area contributed by atoms with E-state index in [-0.39, 0.29) is 18.0 Å². The van der Waals surface area contributed by atoms with Crippen LogP contribution in [0.15, 0.2) is 41.8 Å². The Kier molecular flexibility index (Phi) is 6.81. The smallest absolute Gasteiger partial charge is 0.275 e. The Labute approximate surface area is 143 Å². The van der Waals surface area contributed by atoms with Crippen molar-refractivity contribution in [2.24, 2.45) is 0 Å². The van der Waals surface area contributed by atoms with Gasteiger partial charge in [0.05, 0.1) is 4.88 Å². The van der Waals surface area contributed by atoms with Gasteiger partial charge >= 0.3 is 0 Å². The quantitative estimate of drug-likeness (QED) is 0.767. The van der Waals surface area contributed by atoms with E-state index in [1.54, 1.807) is 11.3 Å². The number of hydrogen-bond donors (Lipinski definition) is 2. The molecule has 1 aromatic heterocycles. The van der Waals surface area contributed by atoms with Crippen molar-refractivity contribution in [3.63, 3.8) is 0 Å². The third kappa shape index (κ3) is 5.19. The summed E-state index contributed by atoms with van der Waals surface area (Å²) in [6, 6.07) is 13.3. The standard InChI is InChI=1S/C19H26N2OS/c1-4-16(5-2)21-18(22)13-20-19(17-7-6-12-23-17)15-10-8-14(3)9-11-15/h6-12,16,19-20H,4-5,13H2,1-3H3,(H,21,22)/p+1/t19-/m0/s1. The lowest BCUT2D eigenvalue weighted by molar-refractivity contribution is -0.676. The predicted molar refractivity (Wildman–Crippen MR) is 96.6 cm³/mol. The van der Waals surface area contributed by atoms with E-state index >= 15 is 0 Å². The van der Waals surface area contributed by atoms with Gasteiger partial charge in [0.2, 0.25) is 0 Å². The van der Waals surface area contributed by atoms with Crippen LogP contribution in [0.3, 0.4) is 0 Å². The maximum absolute atomic E-state index is 12.2. The fraction of sp³-hybridized carbons (Fsp3) is 0.421. The van der Waals surface area contributed by atoms with Crippen LogP contribution in [0.25, 0.3) is 0 Å². The fourth-order valence-corrected chi connectivity index (χ4v) is 3.51. The van der Waals surface area contributed by atoms with Crippen LogP contribution >= 0.6 is 11.3 Å². The van der Waals surface area contributed by atoms with Gasteiger partial charge in [0.25, 0.3) is 5.91 Å². The Morgan fingerprint density at radius 3 is 2.43 bits per heavy atom. The van der Waals surface area contributed by atoms with E-state index in [2.05, 4.69) is 73.2 Å². The lowest BCUT2D eigenvalue weighted by atomic mass is 10.0. The number of nitrogens with one attached hydrogen (secondary N) is 1. The molecule has 0 saturated carbocycles. The zero-order valence-electron chi connectivity index (χ0n) is 14.2. The summed E-state index contributed by atoms with van der Waals surface area (Å²) in [6.45, 7) is 6.77. The molecule has 0 aliphatic heterocycles. The molecule has 1 heterocycles. The molecule has 0 saturated heterocycles. The lowest BCUT2D eigenvalue weighted by Gasteiger charge is -2.17. The van der Waals surface area contributed by atoms with Crippen LogP contribution in [0.5, 0.6) is 0 Å². The third-order valence-electron chi connectivity index (χ3n) is 4.18. The van der Waals surface area contributed by atoms with Crippen molar-refractivity contribution in [3.8, 4) is 0 Å². The summed E-state index contributed by atoms with van der Waals surface area (Å²) >= 11 is 1.74. The highest BCUT2D eigenvalue weighted by molar-refractivity contribution is 7.10. The summed E-state index contributed by atoms with van der Waals surface area (Å²) in [5.41, 5.74) is 2.50. The molecule has 3 N–H and O–H groups in total. The van der Waals surface area contributed by atoms with Gasteiger partial charge in [0.15, 0.2) is 6.54 Å². The highest BCUT2D eigenvalue weighted by Crippen LogP contribution is 2.22. The average molecular weight is 332 g/mol. The van der Waals surface area contributed by atoms with Crippen LogP contribution < -0.4 is 10.6 Å². The van der Waals surface area contributed by atoms with Crippen molar-refractivity contribution in [3.05, 3.63) is 57.8 Å². The third-order valence-corrected chi connectivity index (χ3v) is 5.13. The largest absolute Gasteiger partial charge is 0.349 e. The van der Waals surface area contributed by atoms with Crippen molar-refractivity contribution < 1.29 is 10.1 Å². The van der Waals surface area contributed by atoms with Gasteiger partial charge in [0, 0.05) is 11.6 Å². The molecule has 2 aromatic rings. The van der Waals surface area contributed by atoms with Gasteiger partial charge < -0.3 is 10.6 Å². The molecular formula is C19H27N2OS+. The number of quaternary nitrogens is 1. The molecule has 2 rings (SSSR count). The summed E-state index contributed by atoms with van der Waals surface area (Å²) < 4.78 is 0. The second-order valence-corrected chi connectivity index (χ2v) is 6.90. The van der Waals surface area contributed by atoms with E-state index in [0.717, 1.165) is 12.8 Å². The summed E-state index contributed by atoms with van der Waals surface area (Å²) in [6.07, 6.45) is 1.96. The normalized spacial score (nSPS) is 12.3. The second-order valence-electron chi connectivity index (χ2n) is 5.92. The van der Waals surface area contributed by atoms with Crippen molar-refractivity contribution in [1.82, 2.24) is 5.32 Å². The molecule has 0 fully saturated rings. The van der Waals surface area contributed by atoms with Gasteiger partial charge in [-0.2, -0.15) is 0 Å². The molecule has 0 radical (unpaired) electrons. The number of thiophene rings is 1. The Bertz CT molecular complexity index is 588. The SMILES string of the molecule is CCC(CC)NC(=O)C[NH2+][C@@H](c1ccc(C)cc1)c1cccs1. The number of amides is 1. The summed E-state index contributed by atoms with van der Waals surface area (Å²) in [5, 5.41) is 7.34. The minimum absolute atomic E-state index is 0.118. The van der Waals surface area contributed by atoms with Crippen LogP contribution in [-0.4, -0.2) is 18.5 Å². The molecule has 0 unspecified atom stereocenters. The number of hydrogen-bond acceptors (Lipinski definition) is 2. The Balaban J connectivity index is 2.04. The topological polar surface area (TPSA) is 45.7 Å². The van der Waals surface area contributed by atoms with Crippen LogP contribution in [-0.2, 0) is 4.79 Å². The van der Waals surface area contributed by atoms with Crippen LogP contribution in [0, 0.1) is 6.92 Å². The maximum Gasteiger partial charge on any atom is 0.275 e. The van der Waals surface area contributed by atoms with Gasteiger partial charge in [-0.15, -0.1) is 11.3 Å². The number of nitrogens with two attached hydrogens (primary N) is 1. The highest BCUT2D eigenvalue weighted by Gasteiger charge is 2.20. The molecule has 1 amide bonds. The summed E-state index contributed by atoms with van der Waals surface area (Å²) in [5.74, 6) is 0.118. The van der Waals surface area contributed by atoms with Gasteiger partial charge in [0.1, 0.15) is 6.04 Å². The number of benzene rings is 1. The molecule has 23 heavy (non-hydrogen) atoms. The van der Waals surface area contributed by atoms with Crippen molar-refractivity contribution >= 4 is 17.2 Å². The Morgan fingerprint density at radius 2 is 1.87 bits per heavy atom. The van der Waals surface area contributed by atoms with Crippen molar-refractivity contribution in [2.45, 2.75) is 45.7 Å². The molecule has 0 aliphatic carbocycles. The zero-order valence-corrected chi connectivity index (χ0v) is 15.0. The van der Waals surface area contributed by atoms with Gasteiger partial charge in [-0.25, -0.2) is 0 Å². The van der Waals surface area contributed by atoms with E-state index in [4.69, 9.17) is 0 Å². The molecule has 1 atom stereocenters. The monoisotopic (exact) mass is 331 g/mol. The van der Waals surface area contributed by atoms with Crippen LogP contribution in [0.1, 0.15) is 48.7 Å². The van der Waals surface area contributed by atoms with Crippen LogP contribution in [0.4, 0.5) is 0 Å². The van der Waals surface area contributed by atoms with Gasteiger partial charge in [-0.05, 0) is 31.2 Å². The second kappa shape index (κ2) is 8.85. The fourth-order valence-electron chi connectivity index (χ4n) is 2.66.